The molecule has 0 N–H and O–H groups in total. The number of para-hydroxylation sites is 2. The Bertz CT molecular complexity index is 3400. The zero-order valence-electron chi connectivity index (χ0n) is 29.6. The topological polar surface area (TPSA) is 26.3 Å². The van der Waals surface area contributed by atoms with Gasteiger partial charge in [-0.2, -0.15) is 0 Å². The SMILES string of the molecule is c1ccc2c(c1)-c1ccccc1C21c2cc(-c3ccc4oc5ccccc5c4c3)ccc2-c2ccc3cc(-c4ccc5oc6ccccc6c5c4)ccc3c21. The molecule has 9 aromatic carbocycles. The molecule has 0 saturated carbocycles. The Hall–Kier alpha value is -7.16. The van der Waals surface area contributed by atoms with Crippen molar-refractivity contribution in [2.45, 2.75) is 5.41 Å². The number of hydrogen-bond donors (Lipinski definition) is 0. The van der Waals surface area contributed by atoms with E-state index in [9.17, 15) is 0 Å². The van der Waals surface area contributed by atoms with E-state index >= 15 is 0 Å². The van der Waals surface area contributed by atoms with Gasteiger partial charge in [0.25, 0.3) is 0 Å². The van der Waals surface area contributed by atoms with E-state index in [-0.39, 0.29) is 0 Å². The van der Waals surface area contributed by atoms with E-state index in [0.717, 1.165) is 43.9 Å². The van der Waals surface area contributed by atoms with Crippen molar-refractivity contribution in [3.8, 4) is 44.5 Å². The monoisotopic (exact) mass is 698 g/mol. The van der Waals surface area contributed by atoms with Crippen molar-refractivity contribution in [1.29, 1.82) is 0 Å². The molecule has 2 aliphatic rings. The minimum atomic E-state index is -0.476. The van der Waals surface area contributed by atoms with Crippen molar-refractivity contribution >= 4 is 54.6 Å². The van der Waals surface area contributed by atoms with E-state index < -0.39 is 5.41 Å². The first-order chi connectivity index (χ1) is 27.2. The first-order valence-corrected chi connectivity index (χ1v) is 19.0. The zero-order valence-corrected chi connectivity index (χ0v) is 29.6. The molecule has 1 spiro atoms. The highest BCUT2D eigenvalue weighted by molar-refractivity contribution is 6.09. The van der Waals surface area contributed by atoms with Gasteiger partial charge < -0.3 is 8.83 Å². The smallest absolute Gasteiger partial charge is 0.135 e. The minimum Gasteiger partial charge on any atom is -0.456 e. The molecule has 2 nitrogen and oxygen atoms in total. The maximum Gasteiger partial charge on any atom is 0.135 e. The first-order valence-electron chi connectivity index (χ1n) is 19.0. The van der Waals surface area contributed by atoms with Gasteiger partial charge in [-0.3, -0.25) is 0 Å². The van der Waals surface area contributed by atoms with Gasteiger partial charge in [-0.25, -0.2) is 0 Å². The van der Waals surface area contributed by atoms with Crippen molar-refractivity contribution in [3.63, 3.8) is 0 Å². The van der Waals surface area contributed by atoms with Crippen LogP contribution in [0.3, 0.4) is 0 Å². The predicted molar refractivity (Wildman–Crippen MR) is 226 cm³/mol. The summed E-state index contributed by atoms with van der Waals surface area (Å²) in [4.78, 5) is 0. The van der Waals surface area contributed by atoms with Crippen LogP contribution in [-0.4, -0.2) is 0 Å². The van der Waals surface area contributed by atoms with Crippen LogP contribution in [0, 0.1) is 0 Å². The largest absolute Gasteiger partial charge is 0.456 e. The van der Waals surface area contributed by atoms with Crippen molar-refractivity contribution in [1.82, 2.24) is 0 Å². The molecule has 0 amide bonds. The predicted octanol–water partition coefficient (Wildman–Crippen LogP) is 14.3. The van der Waals surface area contributed by atoms with Gasteiger partial charge in [0, 0.05) is 21.5 Å². The molecule has 2 aliphatic carbocycles. The number of fused-ring (bicyclic) bond motifs is 18. The number of furan rings is 2. The van der Waals surface area contributed by atoms with Gasteiger partial charge in [0.15, 0.2) is 0 Å². The van der Waals surface area contributed by atoms with E-state index in [1.165, 1.54) is 77.5 Å². The molecule has 2 aromatic heterocycles. The van der Waals surface area contributed by atoms with Crippen LogP contribution in [0.4, 0.5) is 0 Å². The normalized spacial score (nSPS) is 13.6. The summed E-state index contributed by atoms with van der Waals surface area (Å²) in [6, 6.07) is 66.9. The van der Waals surface area contributed by atoms with Gasteiger partial charge in [-0.1, -0.05) is 133 Å². The summed E-state index contributed by atoms with van der Waals surface area (Å²) in [7, 11) is 0. The van der Waals surface area contributed by atoms with Crippen LogP contribution in [0.1, 0.15) is 22.3 Å². The van der Waals surface area contributed by atoms with Crippen molar-refractivity contribution < 1.29 is 8.83 Å². The standard InChI is InChI=1S/C53H30O2/c1-5-13-45-37(9-1)38-10-2-6-14-46(38)53(45)47-30-34(33-21-26-51-44(29-33)41-12-4-8-16-49(41)55-51)18-23-39(47)42-24-19-35-27-31(17-22-36(35)52(42)53)32-20-25-50-43(28-32)40-11-3-7-15-48(40)54-50/h1-30H. The zero-order chi connectivity index (χ0) is 35.8. The summed E-state index contributed by atoms with van der Waals surface area (Å²) >= 11 is 0. The van der Waals surface area contributed by atoms with E-state index in [4.69, 9.17) is 8.83 Å². The molecular formula is C53H30O2. The number of benzene rings is 9. The van der Waals surface area contributed by atoms with Crippen LogP contribution in [0.15, 0.2) is 191 Å². The summed E-state index contributed by atoms with van der Waals surface area (Å²) in [6.07, 6.45) is 0. The summed E-state index contributed by atoms with van der Waals surface area (Å²) in [6.45, 7) is 0. The highest BCUT2D eigenvalue weighted by Crippen LogP contribution is 2.64. The van der Waals surface area contributed by atoms with Crippen LogP contribution in [0.5, 0.6) is 0 Å². The average molecular weight is 699 g/mol. The van der Waals surface area contributed by atoms with E-state index in [0.29, 0.717) is 0 Å². The lowest BCUT2D eigenvalue weighted by molar-refractivity contribution is 0.668. The van der Waals surface area contributed by atoms with Crippen LogP contribution in [0.25, 0.3) is 99.2 Å². The second kappa shape index (κ2) is 10.5. The van der Waals surface area contributed by atoms with Gasteiger partial charge >= 0.3 is 0 Å². The molecule has 2 heteroatoms. The molecule has 0 aliphatic heterocycles. The maximum atomic E-state index is 6.22. The quantitative estimate of drug-likeness (QED) is 0.180. The van der Waals surface area contributed by atoms with Gasteiger partial charge in [0.1, 0.15) is 22.3 Å². The molecular weight excluding hydrogens is 669 g/mol. The molecule has 11 aromatic rings. The van der Waals surface area contributed by atoms with E-state index in [1.54, 1.807) is 0 Å². The Morgan fingerprint density at radius 3 is 1.42 bits per heavy atom. The number of rotatable bonds is 2. The summed E-state index contributed by atoms with van der Waals surface area (Å²) in [5.74, 6) is 0. The Labute approximate surface area is 316 Å². The third-order valence-corrected chi connectivity index (χ3v) is 12.5. The van der Waals surface area contributed by atoms with Crippen LogP contribution in [-0.2, 0) is 5.41 Å². The van der Waals surface area contributed by atoms with Crippen molar-refractivity contribution in [3.05, 3.63) is 204 Å². The van der Waals surface area contributed by atoms with Gasteiger partial charge in [-0.15, -0.1) is 0 Å². The summed E-state index contributed by atoms with van der Waals surface area (Å²) in [5, 5.41) is 7.10. The average Bonchev–Trinajstić information content (AvgIpc) is 3.98. The summed E-state index contributed by atoms with van der Waals surface area (Å²) in [5.41, 5.74) is 18.6. The maximum absolute atomic E-state index is 6.22. The van der Waals surface area contributed by atoms with Crippen molar-refractivity contribution in [2.24, 2.45) is 0 Å². The Balaban J connectivity index is 1.06. The third-order valence-electron chi connectivity index (χ3n) is 12.5. The molecule has 254 valence electrons. The van der Waals surface area contributed by atoms with Gasteiger partial charge in [0.05, 0.1) is 5.41 Å². The van der Waals surface area contributed by atoms with Gasteiger partial charge in [0.2, 0.25) is 0 Å². The van der Waals surface area contributed by atoms with Crippen molar-refractivity contribution in [2.75, 3.05) is 0 Å². The summed E-state index contributed by atoms with van der Waals surface area (Å²) < 4.78 is 12.4. The van der Waals surface area contributed by atoms with Crippen LogP contribution >= 0.6 is 0 Å². The third kappa shape index (κ3) is 3.78. The fraction of sp³-hybridized carbons (Fsp3) is 0.0189. The molecule has 2 heterocycles. The van der Waals surface area contributed by atoms with Crippen LogP contribution in [0.2, 0.25) is 0 Å². The molecule has 0 atom stereocenters. The lowest BCUT2D eigenvalue weighted by Gasteiger charge is -2.31. The second-order valence-corrected chi connectivity index (χ2v) is 15.1. The Morgan fingerprint density at radius 2 is 0.764 bits per heavy atom. The fourth-order valence-electron chi connectivity index (χ4n) is 10.1. The molecule has 0 radical (unpaired) electrons. The fourth-order valence-corrected chi connectivity index (χ4v) is 10.1. The lowest BCUT2D eigenvalue weighted by Crippen LogP contribution is -2.26. The minimum absolute atomic E-state index is 0.476. The van der Waals surface area contributed by atoms with E-state index in [2.05, 4.69) is 158 Å². The highest BCUT2D eigenvalue weighted by Gasteiger charge is 2.52. The first kappa shape index (κ1) is 29.3. The Morgan fingerprint density at radius 1 is 0.291 bits per heavy atom. The lowest BCUT2D eigenvalue weighted by atomic mass is 9.69. The molecule has 0 bridgehead atoms. The molecule has 13 rings (SSSR count). The molecule has 55 heavy (non-hydrogen) atoms. The van der Waals surface area contributed by atoms with Crippen LogP contribution < -0.4 is 0 Å². The molecule has 0 unspecified atom stereocenters. The molecule has 0 saturated heterocycles. The second-order valence-electron chi connectivity index (χ2n) is 15.1. The highest BCUT2D eigenvalue weighted by atomic mass is 16.3. The van der Waals surface area contributed by atoms with E-state index in [1.807, 2.05) is 24.3 Å². The Kier molecular flexibility index (Phi) is 5.59. The molecule has 0 fully saturated rings. The number of hydrogen-bond acceptors (Lipinski definition) is 2. The van der Waals surface area contributed by atoms with Gasteiger partial charge in [-0.05, 0) is 126 Å².